The average Bonchev–Trinajstić information content (AvgIpc) is 2.76. The summed E-state index contributed by atoms with van der Waals surface area (Å²) in [5, 5.41) is 0. The Labute approximate surface area is 128 Å². The molecular weight excluding hydrogens is 266 g/mol. The first kappa shape index (κ1) is 16.3. The van der Waals surface area contributed by atoms with Gasteiger partial charge in [-0.2, -0.15) is 0 Å². The van der Waals surface area contributed by atoms with Crippen molar-refractivity contribution in [3.05, 3.63) is 0 Å². The minimum absolute atomic E-state index is 0.149. The molecule has 21 heavy (non-hydrogen) atoms. The second-order valence-electron chi connectivity index (χ2n) is 6.42. The molecule has 0 radical (unpaired) electrons. The van der Waals surface area contributed by atoms with E-state index in [9.17, 15) is 9.59 Å². The van der Waals surface area contributed by atoms with Crippen LogP contribution in [0.5, 0.6) is 0 Å². The SMILES string of the molecule is CCCCCOC(=O)CN1C(=O)[C@H]2CCCC[C@@H]2[C@H]1CC. The summed E-state index contributed by atoms with van der Waals surface area (Å²) in [6.45, 7) is 4.88. The molecule has 4 nitrogen and oxygen atoms in total. The normalized spacial score (nSPS) is 28.6. The third-order valence-electron chi connectivity index (χ3n) is 5.04. The van der Waals surface area contributed by atoms with E-state index in [0.29, 0.717) is 12.5 Å². The minimum atomic E-state index is -0.239. The molecule has 1 amide bonds. The van der Waals surface area contributed by atoms with Gasteiger partial charge in [0.25, 0.3) is 0 Å². The van der Waals surface area contributed by atoms with Crippen LogP contribution in [0.15, 0.2) is 0 Å². The minimum Gasteiger partial charge on any atom is -0.464 e. The Balaban J connectivity index is 1.88. The van der Waals surface area contributed by atoms with E-state index in [1.807, 2.05) is 4.90 Å². The summed E-state index contributed by atoms with van der Waals surface area (Å²) in [6.07, 6.45) is 8.56. The van der Waals surface area contributed by atoms with Gasteiger partial charge in [0.15, 0.2) is 0 Å². The van der Waals surface area contributed by atoms with Crippen molar-refractivity contribution in [2.24, 2.45) is 11.8 Å². The van der Waals surface area contributed by atoms with E-state index in [0.717, 1.165) is 44.9 Å². The molecule has 0 N–H and O–H groups in total. The van der Waals surface area contributed by atoms with Gasteiger partial charge in [0.05, 0.1) is 6.61 Å². The summed E-state index contributed by atoms with van der Waals surface area (Å²) in [6, 6.07) is 0.242. The second kappa shape index (κ2) is 7.81. The number of hydrogen-bond donors (Lipinski definition) is 0. The van der Waals surface area contributed by atoms with Gasteiger partial charge in [-0.3, -0.25) is 9.59 Å². The number of carbonyl (C=O) groups is 2. The fourth-order valence-electron chi connectivity index (χ4n) is 3.98. The van der Waals surface area contributed by atoms with E-state index >= 15 is 0 Å². The molecule has 1 saturated carbocycles. The highest BCUT2D eigenvalue weighted by Crippen LogP contribution is 2.42. The largest absolute Gasteiger partial charge is 0.464 e. The number of esters is 1. The topological polar surface area (TPSA) is 46.6 Å². The van der Waals surface area contributed by atoms with Crippen molar-refractivity contribution < 1.29 is 14.3 Å². The van der Waals surface area contributed by atoms with Crippen molar-refractivity contribution >= 4 is 11.9 Å². The van der Waals surface area contributed by atoms with Crippen LogP contribution < -0.4 is 0 Å². The predicted octanol–water partition coefficient (Wildman–Crippen LogP) is 3.15. The molecule has 0 aromatic carbocycles. The molecule has 0 unspecified atom stereocenters. The number of nitrogens with zero attached hydrogens (tertiary/aromatic N) is 1. The van der Waals surface area contributed by atoms with E-state index in [4.69, 9.17) is 4.74 Å². The molecule has 0 bridgehead atoms. The van der Waals surface area contributed by atoms with Crippen LogP contribution in [0.2, 0.25) is 0 Å². The Bertz CT molecular complexity index is 369. The number of carbonyl (C=O) groups excluding carboxylic acids is 2. The Kier molecular flexibility index (Phi) is 6.07. The van der Waals surface area contributed by atoms with Crippen molar-refractivity contribution in [1.29, 1.82) is 0 Å². The molecule has 1 aliphatic carbocycles. The van der Waals surface area contributed by atoms with Crippen LogP contribution in [-0.4, -0.2) is 36.0 Å². The molecule has 2 aliphatic rings. The van der Waals surface area contributed by atoms with Gasteiger partial charge in [-0.15, -0.1) is 0 Å². The summed E-state index contributed by atoms with van der Waals surface area (Å²) in [7, 11) is 0. The van der Waals surface area contributed by atoms with Crippen LogP contribution in [0.3, 0.4) is 0 Å². The van der Waals surface area contributed by atoms with Gasteiger partial charge in [-0.25, -0.2) is 0 Å². The molecule has 2 fully saturated rings. The van der Waals surface area contributed by atoms with Crippen molar-refractivity contribution in [2.75, 3.05) is 13.2 Å². The highest BCUT2D eigenvalue weighted by atomic mass is 16.5. The van der Waals surface area contributed by atoms with Gasteiger partial charge in [-0.1, -0.05) is 39.5 Å². The molecule has 3 atom stereocenters. The Morgan fingerprint density at radius 1 is 1.24 bits per heavy atom. The molecule has 2 rings (SSSR count). The van der Waals surface area contributed by atoms with E-state index in [1.54, 1.807) is 0 Å². The Hall–Kier alpha value is -1.06. The van der Waals surface area contributed by atoms with E-state index in [1.165, 1.54) is 6.42 Å². The lowest BCUT2D eigenvalue weighted by Gasteiger charge is -2.28. The average molecular weight is 295 g/mol. The Morgan fingerprint density at radius 2 is 2.00 bits per heavy atom. The van der Waals surface area contributed by atoms with Gasteiger partial charge >= 0.3 is 5.97 Å². The van der Waals surface area contributed by atoms with Crippen LogP contribution in [0.1, 0.15) is 65.2 Å². The molecule has 4 heteroatoms. The molecule has 0 aromatic rings. The lowest BCUT2D eigenvalue weighted by molar-refractivity contribution is -0.149. The first-order chi connectivity index (χ1) is 10.2. The lowest BCUT2D eigenvalue weighted by atomic mass is 9.78. The number of rotatable bonds is 7. The smallest absolute Gasteiger partial charge is 0.325 e. The first-order valence-corrected chi connectivity index (χ1v) is 8.65. The summed E-state index contributed by atoms with van der Waals surface area (Å²) in [5.41, 5.74) is 0. The van der Waals surface area contributed by atoms with Crippen molar-refractivity contribution in [3.8, 4) is 0 Å². The van der Waals surface area contributed by atoms with Crippen molar-refractivity contribution in [1.82, 2.24) is 4.90 Å². The van der Waals surface area contributed by atoms with Crippen LogP contribution in [0, 0.1) is 11.8 Å². The maximum atomic E-state index is 12.5. The van der Waals surface area contributed by atoms with Gasteiger partial charge in [0.2, 0.25) is 5.91 Å². The second-order valence-corrected chi connectivity index (χ2v) is 6.42. The highest BCUT2D eigenvalue weighted by Gasteiger charge is 2.48. The zero-order chi connectivity index (χ0) is 15.2. The number of amides is 1. The number of fused-ring (bicyclic) bond motifs is 1. The molecule has 120 valence electrons. The van der Waals surface area contributed by atoms with Crippen LogP contribution in [0.25, 0.3) is 0 Å². The molecule has 0 spiro atoms. The Morgan fingerprint density at radius 3 is 2.71 bits per heavy atom. The molecule has 1 saturated heterocycles. The summed E-state index contributed by atoms with van der Waals surface area (Å²) >= 11 is 0. The summed E-state index contributed by atoms with van der Waals surface area (Å²) in [4.78, 5) is 26.3. The number of likely N-dealkylation sites (tertiary alicyclic amines) is 1. The lowest BCUT2D eigenvalue weighted by Crippen LogP contribution is -2.39. The fraction of sp³-hybridized carbons (Fsp3) is 0.882. The number of unbranched alkanes of at least 4 members (excludes halogenated alkanes) is 2. The van der Waals surface area contributed by atoms with E-state index in [-0.39, 0.29) is 30.4 Å². The van der Waals surface area contributed by atoms with Gasteiger partial charge in [0.1, 0.15) is 6.54 Å². The zero-order valence-corrected chi connectivity index (χ0v) is 13.5. The van der Waals surface area contributed by atoms with Gasteiger partial charge < -0.3 is 9.64 Å². The van der Waals surface area contributed by atoms with Crippen molar-refractivity contribution in [2.45, 2.75) is 71.3 Å². The van der Waals surface area contributed by atoms with Crippen LogP contribution >= 0.6 is 0 Å². The van der Waals surface area contributed by atoms with Crippen LogP contribution in [0.4, 0.5) is 0 Å². The van der Waals surface area contributed by atoms with E-state index in [2.05, 4.69) is 13.8 Å². The van der Waals surface area contributed by atoms with Crippen LogP contribution in [-0.2, 0) is 14.3 Å². The fourth-order valence-corrected chi connectivity index (χ4v) is 3.98. The van der Waals surface area contributed by atoms with Gasteiger partial charge in [0, 0.05) is 12.0 Å². The van der Waals surface area contributed by atoms with Gasteiger partial charge in [-0.05, 0) is 31.6 Å². The molecular formula is C17H29NO3. The van der Waals surface area contributed by atoms with E-state index < -0.39 is 0 Å². The summed E-state index contributed by atoms with van der Waals surface area (Å²) < 4.78 is 5.27. The molecule has 1 aliphatic heterocycles. The summed E-state index contributed by atoms with van der Waals surface area (Å²) in [5.74, 6) is 0.578. The highest BCUT2D eigenvalue weighted by molar-refractivity contribution is 5.86. The quantitative estimate of drug-likeness (QED) is 0.535. The number of hydrogen-bond acceptors (Lipinski definition) is 3. The first-order valence-electron chi connectivity index (χ1n) is 8.65. The zero-order valence-electron chi connectivity index (χ0n) is 13.5. The maximum absolute atomic E-state index is 12.5. The third-order valence-corrected chi connectivity index (χ3v) is 5.04. The maximum Gasteiger partial charge on any atom is 0.325 e. The third kappa shape index (κ3) is 3.78. The molecule has 0 aromatic heterocycles. The predicted molar refractivity (Wildman–Crippen MR) is 81.7 cm³/mol. The standard InChI is InChI=1S/C17H29NO3/c1-3-5-8-11-21-16(19)12-18-15(4-2)13-9-6-7-10-14(13)17(18)20/h13-15H,3-12H2,1-2H3/t13-,14-,15+/m0/s1. The van der Waals surface area contributed by atoms with Crippen molar-refractivity contribution in [3.63, 3.8) is 0 Å². The number of ether oxygens (including phenoxy) is 1. The monoisotopic (exact) mass is 295 g/mol. The molecule has 1 heterocycles.